The first-order valence-electron chi connectivity index (χ1n) is 21.9. The van der Waals surface area contributed by atoms with Crippen molar-refractivity contribution < 1.29 is 43.8 Å². The standard InChI is InChI=1S/C51H59ClN4O9/c1-29-23-47(62)48(56(6)51(65)38(9-7-8-22-53)28-45(60)36-13-11-34(12-14-36)35-15-18-39(52)19-16-35)37-17-21-44(59)41(27-37)40-25-33(10-20-43(40)58)26-42(54-49(29)63)46(61)24-30(2)50(64)55(5)31(3)32(4)57/h10-21,25,27,29-31,38,42,48,58-59H,7-9,22-24,26,28,53H2,1-6H3,(H,54,63)/t29-,30-,31+,38-,42+,48+/m1/s1. The lowest BCUT2D eigenvalue weighted by molar-refractivity contribution is -0.142. The average molecular weight is 908 g/mol. The molecule has 0 fully saturated rings. The minimum atomic E-state index is -1.30. The lowest BCUT2D eigenvalue weighted by Crippen LogP contribution is -2.47. The quantitative estimate of drug-likeness (QED) is 0.0654. The number of hydrogen-bond acceptors (Lipinski definition) is 10. The molecule has 0 unspecified atom stereocenters. The van der Waals surface area contributed by atoms with Crippen LogP contribution in [0.5, 0.6) is 11.5 Å². The van der Waals surface area contributed by atoms with Crippen molar-refractivity contribution in [1.29, 1.82) is 0 Å². The van der Waals surface area contributed by atoms with E-state index in [4.69, 9.17) is 17.3 Å². The molecule has 14 heteroatoms. The van der Waals surface area contributed by atoms with Crippen molar-refractivity contribution >= 4 is 52.5 Å². The number of benzene rings is 4. The van der Waals surface area contributed by atoms with Crippen LogP contribution in [-0.2, 0) is 35.2 Å². The first kappa shape index (κ1) is 49.8. The lowest BCUT2D eigenvalue weighted by atomic mass is 9.87. The predicted octanol–water partition coefficient (Wildman–Crippen LogP) is 7.27. The molecule has 344 valence electrons. The van der Waals surface area contributed by atoms with Gasteiger partial charge in [-0.2, -0.15) is 0 Å². The average Bonchev–Trinajstić information content (AvgIpc) is 3.28. The van der Waals surface area contributed by atoms with Crippen molar-refractivity contribution in [3.8, 4) is 33.8 Å². The zero-order valence-corrected chi connectivity index (χ0v) is 38.6. The third kappa shape index (κ3) is 12.3. The Morgan fingerprint density at radius 3 is 2.02 bits per heavy atom. The summed E-state index contributed by atoms with van der Waals surface area (Å²) in [6, 6.07) is 20.2. The molecule has 1 aliphatic rings. The molecule has 5 N–H and O–H groups in total. The van der Waals surface area contributed by atoms with Crippen LogP contribution in [0.4, 0.5) is 0 Å². The molecule has 0 saturated heterocycles. The second-order valence-electron chi connectivity index (χ2n) is 17.3. The van der Waals surface area contributed by atoms with Gasteiger partial charge in [0.15, 0.2) is 23.1 Å². The van der Waals surface area contributed by atoms with Gasteiger partial charge in [-0.3, -0.25) is 33.6 Å². The third-order valence-electron chi connectivity index (χ3n) is 12.4. The Bertz CT molecular complexity index is 2420. The van der Waals surface area contributed by atoms with Gasteiger partial charge in [-0.15, -0.1) is 0 Å². The number of amides is 3. The summed E-state index contributed by atoms with van der Waals surface area (Å²) < 4.78 is 0. The molecule has 13 nitrogen and oxygen atoms in total. The van der Waals surface area contributed by atoms with Crippen molar-refractivity contribution in [2.45, 2.75) is 90.8 Å². The van der Waals surface area contributed by atoms with Gasteiger partial charge >= 0.3 is 0 Å². The molecule has 3 amide bonds. The Morgan fingerprint density at radius 2 is 1.40 bits per heavy atom. The van der Waals surface area contributed by atoms with Crippen LogP contribution in [0.25, 0.3) is 22.3 Å². The maximum Gasteiger partial charge on any atom is 0.226 e. The van der Waals surface area contributed by atoms with Crippen molar-refractivity contribution in [2.24, 2.45) is 23.5 Å². The summed E-state index contributed by atoms with van der Waals surface area (Å²) >= 11 is 6.06. The van der Waals surface area contributed by atoms with Crippen LogP contribution >= 0.6 is 11.6 Å². The van der Waals surface area contributed by atoms with E-state index in [1.807, 2.05) is 24.3 Å². The first-order chi connectivity index (χ1) is 30.8. The fourth-order valence-electron chi connectivity index (χ4n) is 8.23. The molecule has 0 radical (unpaired) electrons. The van der Waals surface area contributed by atoms with E-state index < -0.39 is 65.2 Å². The Kier molecular flexibility index (Phi) is 17.0. The number of phenolic OH excluding ortho intramolecular Hbond substituents is 2. The summed E-state index contributed by atoms with van der Waals surface area (Å²) in [6.07, 6.45) is 0.628. The van der Waals surface area contributed by atoms with E-state index in [2.05, 4.69) is 5.32 Å². The summed E-state index contributed by atoms with van der Waals surface area (Å²) in [7, 11) is 2.96. The van der Waals surface area contributed by atoms with Crippen LogP contribution in [0.3, 0.4) is 0 Å². The maximum atomic E-state index is 14.7. The van der Waals surface area contributed by atoms with Gasteiger partial charge in [0.25, 0.3) is 0 Å². The summed E-state index contributed by atoms with van der Waals surface area (Å²) in [4.78, 5) is 98.9. The first-order valence-corrected chi connectivity index (χ1v) is 22.3. The Labute approximate surface area is 385 Å². The molecule has 4 bridgehead atoms. The number of likely N-dealkylation sites (N-methyl/N-ethyl adjacent to an activating group) is 2. The highest BCUT2D eigenvalue weighted by molar-refractivity contribution is 6.30. The van der Waals surface area contributed by atoms with Crippen molar-refractivity contribution in [3.05, 3.63) is 107 Å². The van der Waals surface area contributed by atoms with Crippen LogP contribution < -0.4 is 11.1 Å². The number of carbonyl (C=O) groups is 7. The maximum absolute atomic E-state index is 14.7. The third-order valence-corrected chi connectivity index (χ3v) is 12.7. The fourth-order valence-corrected chi connectivity index (χ4v) is 8.36. The van der Waals surface area contributed by atoms with Crippen molar-refractivity contribution in [3.63, 3.8) is 0 Å². The number of halogens is 1. The van der Waals surface area contributed by atoms with Crippen LogP contribution in [0.1, 0.15) is 93.7 Å². The number of nitrogens with zero attached hydrogens (tertiary/aromatic N) is 2. The topological polar surface area (TPSA) is 204 Å². The molecular formula is C51H59ClN4O9. The van der Waals surface area contributed by atoms with Crippen LogP contribution in [0.2, 0.25) is 5.02 Å². The van der Waals surface area contributed by atoms with E-state index in [1.54, 1.807) is 50.2 Å². The number of unbranched alkanes of at least 4 members (excludes halogenated alkanes) is 1. The molecule has 5 rings (SSSR count). The summed E-state index contributed by atoms with van der Waals surface area (Å²) in [5, 5.41) is 25.8. The Balaban J connectivity index is 1.48. The molecule has 1 heterocycles. The summed E-state index contributed by atoms with van der Waals surface area (Å²) in [5.41, 5.74) is 9.15. The molecule has 6 atom stereocenters. The largest absolute Gasteiger partial charge is 0.507 e. The van der Waals surface area contributed by atoms with Gasteiger partial charge in [-0.1, -0.05) is 80.4 Å². The minimum absolute atomic E-state index is 0.0454. The van der Waals surface area contributed by atoms with Crippen LogP contribution in [0, 0.1) is 17.8 Å². The van der Waals surface area contributed by atoms with Gasteiger partial charge in [0, 0.05) is 72.8 Å². The van der Waals surface area contributed by atoms with Crippen LogP contribution in [0.15, 0.2) is 84.9 Å². The van der Waals surface area contributed by atoms with Gasteiger partial charge in [0.2, 0.25) is 17.7 Å². The lowest BCUT2D eigenvalue weighted by Gasteiger charge is -2.32. The van der Waals surface area contributed by atoms with E-state index in [1.165, 1.54) is 62.0 Å². The molecule has 0 spiro atoms. The Morgan fingerprint density at radius 1 is 0.800 bits per heavy atom. The second kappa shape index (κ2) is 22.1. The monoisotopic (exact) mass is 906 g/mol. The number of carbonyl (C=O) groups excluding carboxylic acids is 7. The zero-order valence-electron chi connectivity index (χ0n) is 37.8. The minimum Gasteiger partial charge on any atom is -0.507 e. The van der Waals surface area contributed by atoms with E-state index in [-0.39, 0.29) is 59.9 Å². The number of phenols is 2. The van der Waals surface area contributed by atoms with Gasteiger partial charge in [-0.25, -0.2) is 0 Å². The van der Waals surface area contributed by atoms with E-state index >= 15 is 0 Å². The number of ketones is 4. The Hall–Kier alpha value is -6.18. The number of nitrogens with one attached hydrogen (secondary N) is 1. The number of rotatable bonds is 16. The highest BCUT2D eigenvalue weighted by Gasteiger charge is 2.37. The molecule has 0 aromatic heterocycles. The second-order valence-corrected chi connectivity index (χ2v) is 17.8. The number of hydrogen-bond donors (Lipinski definition) is 4. The molecule has 1 aliphatic heterocycles. The van der Waals surface area contributed by atoms with E-state index in [0.717, 1.165) is 11.1 Å². The van der Waals surface area contributed by atoms with Gasteiger partial charge in [0.05, 0.1) is 12.1 Å². The number of aromatic hydroxyl groups is 2. The SMILES string of the molecule is CC(=O)[C@H](C)N(C)C(=O)[C@H](C)CC(=O)[C@@H]1Cc2ccc(O)c(c2)-c2cc(ccc2O)[C@H](N(C)C(=O)[C@H](CCCCN)CC(=O)c2ccc(-c3ccc(Cl)cc3)cc2)C(=O)C[C@@H](C)C(=O)N1. The van der Waals surface area contributed by atoms with Crippen molar-refractivity contribution in [1.82, 2.24) is 15.1 Å². The van der Waals surface area contributed by atoms with Crippen molar-refractivity contribution in [2.75, 3.05) is 20.6 Å². The molecule has 65 heavy (non-hydrogen) atoms. The highest BCUT2D eigenvalue weighted by atomic mass is 35.5. The van der Waals surface area contributed by atoms with Gasteiger partial charge < -0.3 is 31.1 Å². The number of nitrogens with two attached hydrogens (primary N) is 1. The smallest absolute Gasteiger partial charge is 0.226 e. The summed E-state index contributed by atoms with van der Waals surface area (Å²) in [6.45, 7) is 6.45. The predicted molar refractivity (Wildman–Crippen MR) is 249 cm³/mol. The van der Waals surface area contributed by atoms with E-state index in [0.29, 0.717) is 47.5 Å². The zero-order chi connectivity index (χ0) is 47.7. The van der Waals surface area contributed by atoms with E-state index in [9.17, 15) is 43.8 Å². The van der Waals surface area contributed by atoms with Gasteiger partial charge in [0.1, 0.15) is 17.5 Å². The molecule has 0 aliphatic carbocycles. The molecule has 0 saturated carbocycles. The highest BCUT2D eigenvalue weighted by Crippen LogP contribution is 2.40. The number of Topliss-reactive ketones (excluding diaryl/α,β-unsaturated/α-hetero) is 4. The molecule has 4 aromatic rings. The summed E-state index contributed by atoms with van der Waals surface area (Å²) in [5.74, 6) is -6.11. The fraction of sp³-hybridized carbons (Fsp3) is 0.392. The number of fused-ring (bicyclic) bond motifs is 5. The van der Waals surface area contributed by atoms with Gasteiger partial charge in [-0.05, 0) is 98.3 Å². The molecular weight excluding hydrogens is 848 g/mol. The van der Waals surface area contributed by atoms with Crippen LogP contribution in [-0.4, -0.2) is 93.6 Å². The normalized spacial score (nSPS) is 17.8. The molecule has 4 aromatic carbocycles.